The van der Waals surface area contributed by atoms with E-state index in [4.69, 9.17) is 9.47 Å². The number of rotatable bonds is 6. The molecule has 2 aromatic carbocycles. The molecule has 1 N–H and O–H groups in total. The van der Waals surface area contributed by atoms with E-state index in [0.29, 0.717) is 25.9 Å². The van der Waals surface area contributed by atoms with Crippen molar-refractivity contribution in [2.45, 2.75) is 45.4 Å². The first-order chi connectivity index (χ1) is 15.0. The SMILES string of the molecule is CCOC(=O)Cn1c2c(c3cc(F)ccc31)C[C@H](NC(=O)OCc1ccccc1)CC2. The van der Waals surface area contributed by atoms with Crippen LogP contribution in [0.2, 0.25) is 0 Å². The lowest BCUT2D eigenvalue weighted by Crippen LogP contribution is -2.39. The number of nitrogens with zero attached hydrogens (tertiary/aromatic N) is 1. The predicted molar refractivity (Wildman–Crippen MR) is 114 cm³/mol. The number of amides is 1. The number of carbonyl (C=O) groups is 2. The number of halogens is 1. The summed E-state index contributed by atoms with van der Waals surface area (Å²) in [5.41, 5.74) is 3.66. The zero-order chi connectivity index (χ0) is 21.8. The maximum absolute atomic E-state index is 14.0. The van der Waals surface area contributed by atoms with Crippen LogP contribution in [0.4, 0.5) is 9.18 Å². The predicted octanol–water partition coefficient (Wildman–Crippen LogP) is 4.13. The highest BCUT2D eigenvalue weighted by atomic mass is 19.1. The van der Waals surface area contributed by atoms with E-state index in [1.165, 1.54) is 12.1 Å². The Kier molecular flexibility index (Phi) is 6.21. The van der Waals surface area contributed by atoms with E-state index in [1.807, 2.05) is 34.9 Å². The fraction of sp³-hybridized carbons (Fsp3) is 0.333. The molecule has 3 aromatic rings. The molecular weight excluding hydrogens is 399 g/mol. The first kappa shape index (κ1) is 20.9. The Labute approximate surface area is 179 Å². The minimum atomic E-state index is -0.473. The molecule has 7 heteroatoms. The summed E-state index contributed by atoms with van der Waals surface area (Å²) in [5, 5.41) is 3.69. The van der Waals surface area contributed by atoms with Gasteiger partial charge in [-0.1, -0.05) is 30.3 Å². The molecule has 4 rings (SSSR count). The van der Waals surface area contributed by atoms with Crippen LogP contribution in [0.5, 0.6) is 0 Å². The first-order valence-corrected chi connectivity index (χ1v) is 10.5. The molecule has 0 aliphatic heterocycles. The smallest absolute Gasteiger partial charge is 0.407 e. The first-order valence-electron chi connectivity index (χ1n) is 10.5. The maximum Gasteiger partial charge on any atom is 0.407 e. The van der Waals surface area contributed by atoms with Crippen LogP contribution in [-0.2, 0) is 40.3 Å². The van der Waals surface area contributed by atoms with Gasteiger partial charge in [0.05, 0.1) is 6.61 Å². The average Bonchev–Trinajstić information content (AvgIpc) is 3.05. The number of ether oxygens (including phenoxy) is 2. The monoisotopic (exact) mass is 424 g/mol. The van der Waals surface area contributed by atoms with Crippen molar-refractivity contribution in [1.29, 1.82) is 0 Å². The topological polar surface area (TPSA) is 69.6 Å². The number of aromatic nitrogens is 1. The summed E-state index contributed by atoms with van der Waals surface area (Å²) in [6.07, 6.45) is 1.44. The third-order valence-corrected chi connectivity index (χ3v) is 5.56. The van der Waals surface area contributed by atoms with Gasteiger partial charge in [0.2, 0.25) is 0 Å². The molecule has 31 heavy (non-hydrogen) atoms. The standard InChI is InChI=1S/C24H25FN2O4/c1-2-30-23(28)14-27-21-10-8-17(25)12-19(21)20-13-18(9-11-22(20)27)26-24(29)31-15-16-6-4-3-5-7-16/h3-8,10,12,18H,2,9,11,13-15H2,1H3,(H,26,29)/t18-/m1/s1. The molecule has 162 valence electrons. The molecule has 1 aliphatic carbocycles. The molecule has 6 nitrogen and oxygen atoms in total. The van der Waals surface area contributed by atoms with Gasteiger partial charge in [0.1, 0.15) is 19.0 Å². The number of hydrogen-bond acceptors (Lipinski definition) is 4. The minimum absolute atomic E-state index is 0.0858. The number of hydrogen-bond donors (Lipinski definition) is 1. The maximum atomic E-state index is 14.0. The van der Waals surface area contributed by atoms with E-state index < -0.39 is 6.09 Å². The molecule has 0 bridgehead atoms. The third kappa shape index (κ3) is 4.71. The number of nitrogens with one attached hydrogen (secondary N) is 1. The van der Waals surface area contributed by atoms with Crippen molar-refractivity contribution < 1.29 is 23.5 Å². The van der Waals surface area contributed by atoms with Crippen molar-refractivity contribution in [2.75, 3.05) is 6.61 Å². The number of esters is 1. The molecule has 0 fully saturated rings. The average molecular weight is 424 g/mol. The van der Waals surface area contributed by atoms with Crippen molar-refractivity contribution in [3.8, 4) is 0 Å². The fourth-order valence-electron chi connectivity index (χ4n) is 4.19. The van der Waals surface area contributed by atoms with Gasteiger partial charge in [-0.15, -0.1) is 0 Å². The summed E-state index contributed by atoms with van der Waals surface area (Å²) in [4.78, 5) is 24.4. The van der Waals surface area contributed by atoms with Crippen molar-refractivity contribution >= 4 is 23.0 Å². The summed E-state index contributed by atoms with van der Waals surface area (Å²) in [5.74, 6) is -0.655. The molecule has 0 radical (unpaired) electrons. The molecule has 1 atom stereocenters. The van der Waals surface area contributed by atoms with E-state index in [0.717, 1.165) is 27.7 Å². The van der Waals surface area contributed by atoms with Gasteiger partial charge in [0.15, 0.2) is 0 Å². The van der Waals surface area contributed by atoms with E-state index in [-0.39, 0.29) is 31.0 Å². The molecule has 0 spiro atoms. The van der Waals surface area contributed by atoms with Crippen LogP contribution in [0.15, 0.2) is 48.5 Å². The molecule has 0 saturated heterocycles. The highest BCUT2D eigenvalue weighted by Gasteiger charge is 2.27. The lowest BCUT2D eigenvalue weighted by atomic mass is 9.91. The van der Waals surface area contributed by atoms with Gasteiger partial charge in [0.25, 0.3) is 0 Å². The summed E-state index contributed by atoms with van der Waals surface area (Å²) < 4.78 is 26.3. The fourth-order valence-corrected chi connectivity index (χ4v) is 4.19. The Balaban J connectivity index is 1.50. The molecule has 1 heterocycles. The van der Waals surface area contributed by atoms with Gasteiger partial charge >= 0.3 is 12.1 Å². The normalized spacial score (nSPS) is 15.4. The largest absolute Gasteiger partial charge is 0.465 e. The number of carbonyl (C=O) groups excluding carboxylic acids is 2. The lowest BCUT2D eigenvalue weighted by molar-refractivity contribution is -0.143. The molecule has 0 saturated carbocycles. The zero-order valence-corrected chi connectivity index (χ0v) is 17.4. The number of alkyl carbamates (subject to hydrolysis) is 1. The molecule has 0 unspecified atom stereocenters. The third-order valence-electron chi connectivity index (χ3n) is 5.56. The van der Waals surface area contributed by atoms with Crippen LogP contribution >= 0.6 is 0 Å². The Morgan fingerprint density at radius 2 is 1.97 bits per heavy atom. The Hall–Kier alpha value is -3.35. The van der Waals surface area contributed by atoms with E-state index in [9.17, 15) is 14.0 Å². The van der Waals surface area contributed by atoms with Gasteiger partial charge in [0, 0.05) is 22.6 Å². The van der Waals surface area contributed by atoms with Gasteiger partial charge < -0.3 is 19.4 Å². The van der Waals surface area contributed by atoms with Crippen LogP contribution in [-0.4, -0.2) is 29.3 Å². The highest BCUT2D eigenvalue weighted by Crippen LogP contribution is 2.33. The van der Waals surface area contributed by atoms with E-state index in [2.05, 4.69) is 5.32 Å². The van der Waals surface area contributed by atoms with Crippen molar-refractivity contribution in [1.82, 2.24) is 9.88 Å². The minimum Gasteiger partial charge on any atom is -0.465 e. The summed E-state index contributed by atoms with van der Waals surface area (Å²) >= 11 is 0. The lowest BCUT2D eigenvalue weighted by Gasteiger charge is -2.24. The Morgan fingerprint density at radius 1 is 1.16 bits per heavy atom. The second kappa shape index (κ2) is 9.20. The van der Waals surface area contributed by atoms with Crippen molar-refractivity contribution in [3.05, 3.63) is 71.2 Å². The molecule has 1 aromatic heterocycles. The Morgan fingerprint density at radius 3 is 2.74 bits per heavy atom. The van der Waals surface area contributed by atoms with E-state index in [1.54, 1.807) is 13.0 Å². The van der Waals surface area contributed by atoms with E-state index >= 15 is 0 Å². The van der Waals surface area contributed by atoms with Gasteiger partial charge in [-0.2, -0.15) is 0 Å². The van der Waals surface area contributed by atoms with Gasteiger partial charge in [-0.3, -0.25) is 4.79 Å². The number of benzene rings is 2. The second-order valence-electron chi connectivity index (χ2n) is 7.62. The summed E-state index contributed by atoms with van der Waals surface area (Å²) in [7, 11) is 0. The van der Waals surface area contributed by atoms with Crippen LogP contribution in [0, 0.1) is 5.82 Å². The zero-order valence-electron chi connectivity index (χ0n) is 17.4. The van der Waals surface area contributed by atoms with Crippen LogP contribution in [0.3, 0.4) is 0 Å². The molecule has 1 aliphatic rings. The molecular formula is C24H25FN2O4. The van der Waals surface area contributed by atoms with Crippen molar-refractivity contribution in [3.63, 3.8) is 0 Å². The summed E-state index contributed by atoms with van der Waals surface area (Å²) in [6, 6.07) is 13.9. The summed E-state index contributed by atoms with van der Waals surface area (Å²) in [6.45, 7) is 2.37. The Bertz CT molecular complexity index is 1090. The highest BCUT2D eigenvalue weighted by molar-refractivity contribution is 5.87. The number of fused-ring (bicyclic) bond motifs is 3. The van der Waals surface area contributed by atoms with Gasteiger partial charge in [-0.05, 0) is 55.5 Å². The second-order valence-corrected chi connectivity index (χ2v) is 7.62. The molecule has 1 amide bonds. The van der Waals surface area contributed by atoms with Crippen LogP contribution in [0.25, 0.3) is 10.9 Å². The quantitative estimate of drug-likeness (QED) is 0.604. The van der Waals surface area contributed by atoms with Crippen LogP contribution < -0.4 is 5.32 Å². The van der Waals surface area contributed by atoms with Crippen molar-refractivity contribution in [2.24, 2.45) is 0 Å². The van der Waals surface area contributed by atoms with Crippen LogP contribution in [0.1, 0.15) is 30.2 Å². The van der Waals surface area contributed by atoms with Gasteiger partial charge in [-0.25, -0.2) is 9.18 Å².